The second-order valence-electron chi connectivity index (χ2n) is 6.84. The Morgan fingerprint density at radius 1 is 0.818 bits per heavy atom. The molecule has 0 aromatic heterocycles. The summed E-state index contributed by atoms with van der Waals surface area (Å²) in [6.07, 6.45) is 0. The van der Waals surface area contributed by atoms with Crippen LogP contribution in [0.5, 0.6) is 0 Å². The average molecular weight is 529 g/mol. The van der Waals surface area contributed by atoms with Crippen molar-refractivity contribution in [1.29, 1.82) is 0 Å². The second kappa shape index (κ2) is 10.0. The monoisotopic (exact) mass is 528 g/mol. The van der Waals surface area contributed by atoms with Crippen LogP contribution in [0.25, 0.3) is 0 Å². The quantitative estimate of drug-likeness (QED) is 0.414. The zero-order chi connectivity index (χ0) is 24.2. The van der Waals surface area contributed by atoms with Gasteiger partial charge in [0.05, 0.1) is 29.0 Å². The predicted octanol–water partition coefficient (Wildman–Crippen LogP) is 4.52. The molecule has 0 aliphatic heterocycles. The number of benzene rings is 3. The van der Waals surface area contributed by atoms with E-state index in [1.54, 1.807) is 0 Å². The van der Waals surface area contributed by atoms with Crippen LogP contribution >= 0.6 is 23.2 Å². The Labute approximate surface area is 201 Å². The van der Waals surface area contributed by atoms with Crippen molar-refractivity contribution >= 4 is 60.6 Å². The fourth-order valence-electron chi connectivity index (χ4n) is 2.82. The normalized spacial score (nSPS) is 11.6. The Bertz CT molecular complexity index is 1360. The summed E-state index contributed by atoms with van der Waals surface area (Å²) in [4.78, 5) is 11.4. The minimum atomic E-state index is -3.95. The van der Waals surface area contributed by atoms with Crippen molar-refractivity contribution in [2.75, 3.05) is 16.6 Å². The van der Waals surface area contributed by atoms with E-state index < -0.39 is 26.0 Å². The summed E-state index contributed by atoms with van der Waals surface area (Å²) in [6, 6.07) is 15.4. The van der Waals surface area contributed by atoms with Gasteiger partial charge in [-0.25, -0.2) is 21.6 Å². The van der Waals surface area contributed by atoms with E-state index in [4.69, 9.17) is 23.2 Å². The van der Waals surface area contributed by atoms with E-state index in [0.717, 1.165) is 0 Å². The molecule has 3 rings (SSSR count). The molecule has 0 unspecified atom stereocenters. The number of halogens is 2. The van der Waals surface area contributed by atoms with Gasteiger partial charge in [-0.3, -0.25) is 9.44 Å². The summed E-state index contributed by atoms with van der Waals surface area (Å²) >= 11 is 11.8. The summed E-state index contributed by atoms with van der Waals surface area (Å²) < 4.78 is 59.5. The Morgan fingerprint density at radius 2 is 1.39 bits per heavy atom. The molecule has 0 atom stereocenters. The highest BCUT2D eigenvalue weighted by atomic mass is 35.5. The number of rotatable bonds is 8. The SMILES string of the molecule is COC(=O)c1ccc(CS(=O)(=O)Nc2ccc(S(=O)(=O)Nc3cc(Cl)cc(Cl)c3)cc2)cc1. The molecular weight excluding hydrogens is 511 g/mol. The third kappa shape index (κ3) is 6.84. The minimum Gasteiger partial charge on any atom is -0.465 e. The summed E-state index contributed by atoms with van der Waals surface area (Å²) in [6.45, 7) is 0. The number of carbonyl (C=O) groups excluding carboxylic acids is 1. The maximum Gasteiger partial charge on any atom is 0.337 e. The molecule has 8 nitrogen and oxygen atoms in total. The molecule has 174 valence electrons. The maximum absolute atomic E-state index is 12.6. The van der Waals surface area contributed by atoms with Gasteiger partial charge in [-0.15, -0.1) is 0 Å². The maximum atomic E-state index is 12.6. The molecule has 0 bridgehead atoms. The molecule has 2 N–H and O–H groups in total. The van der Waals surface area contributed by atoms with Crippen LogP contribution in [0.3, 0.4) is 0 Å². The van der Waals surface area contributed by atoms with E-state index >= 15 is 0 Å². The molecule has 0 aliphatic carbocycles. The number of hydrogen-bond donors (Lipinski definition) is 2. The Balaban J connectivity index is 1.69. The molecule has 0 spiro atoms. The summed E-state index contributed by atoms with van der Waals surface area (Å²) in [5, 5.41) is 0.537. The van der Waals surface area contributed by atoms with Crippen LogP contribution in [-0.4, -0.2) is 29.9 Å². The first-order chi connectivity index (χ1) is 15.5. The fourth-order valence-corrected chi connectivity index (χ4v) is 5.58. The molecule has 0 aliphatic rings. The summed E-state index contributed by atoms with van der Waals surface area (Å²) in [5.74, 6) is -0.864. The lowest BCUT2D eigenvalue weighted by Gasteiger charge is -2.11. The number of methoxy groups -OCH3 is 1. The van der Waals surface area contributed by atoms with Crippen LogP contribution in [0, 0.1) is 0 Å². The van der Waals surface area contributed by atoms with Crippen LogP contribution < -0.4 is 9.44 Å². The third-order valence-electron chi connectivity index (χ3n) is 4.28. The van der Waals surface area contributed by atoms with Crippen molar-refractivity contribution in [1.82, 2.24) is 0 Å². The summed E-state index contributed by atoms with van der Waals surface area (Å²) in [5.41, 5.74) is 1.14. The first-order valence-corrected chi connectivity index (χ1v) is 13.1. The molecule has 3 aromatic carbocycles. The lowest BCUT2D eigenvalue weighted by molar-refractivity contribution is 0.0600. The summed E-state index contributed by atoms with van der Waals surface area (Å²) in [7, 11) is -6.49. The molecule has 33 heavy (non-hydrogen) atoms. The van der Waals surface area contributed by atoms with Gasteiger partial charge >= 0.3 is 5.97 Å². The van der Waals surface area contributed by atoms with E-state index in [9.17, 15) is 21.6 Å². The minimum absolute atomic E-state index is 0.0834. The molecule has 0 radical (unpaired) electrons. The average Bonchev–Trinajstić information content (AvgIpc) is 2.72. The lowest BCUT2D eigenvalue weighted by Crippen LogP contribution is -2.16. The van der Waals surface area contributed by atoms with Crippen molar-refractivity contribution in [2.24, 2.45) is 0 Å². The van der Waals surface area contributed by atoms with E-state index in [1.165, 1.54) is 73.8 Å². The first-order valence-electron chi connectivity index (χ1n) is 9.24. The highest BCUT2D eigenvalue weighted by Gasteiger charge is 2.17. The van der Waals surface area contributed by atoms with Gasteiger partial charge in [0.15, 0.2) is 0 Å². The Morgan fingerprint density at radius 3 is 1.94 bits per heavy atom. The molecule has 12 heteroatoms. The van der Waals surface area contributed by atoms with Crippen LogP contribution in [0.15, 0.2) is 71.6 Å². The number of esters is 1. The largest absolute Gasteiger partial charge is 0.465 e. The molecule has 0 amide bonds. The fraction of sp³-hybridized carbons (Fsp3) is 0.0952. The zero-order valence-corrected chi connectivity index (χ0v) is 20.2. The molecule has 3 aromatic rings. The molecular formula is C21H18Cl2N2O6S2. The Kier molecular flexibility index (Phi) is 7.53. The van der Waals surface area contributed by atoms with Crippen LogP contribution in [0.4, 0.5) is 11.4 Å². The van der Waals surface area contributed by atoms with Crippen molar-refractivity contribution in [3.05, 3.63) is 87.9 Å². The van der Waals surface area contributed by atoms with Crippen molar-refractivity contribution < 1.29 is 26.4 Å². The lowest BCUT2D eigenvalue weighted by atomic mass is 10.1. The number of nitrogens with one attached hydrogen (secondary N) is 2. The van der Waals surface area contributed by atoms with Crippen molar-refractivity contribution in [2.45, 2.75) is 10.6 Å². The van der Waals surface area contributed by atoms with E-state index in [0.29, 0.717) is 11.1 Å². The third-order valence-corrected chi connectivity index (χ3v) is 7.38. The van der Waals surface area contributed by atoms with Crippen molar-refractivity contribution in [3.8, 4) is 0 Å². The number of ether oxygens (including phenoxy) is 1. The van der Waals surface area contributed by atoms with Crippen LogP contribution in [0.1, 0.15) is 15.9 Å². The van der Waals surface area contributed by atoms with E-state index in [-0.39, 0.29) is 32.1 Å². The number of carbonyl (C=O) groups is 1. The van der Waals surface area contributed by atoms with Gasteiger partial charge in [0.25, 0.3) is 10.0 Å². The highest BCUT2D eigenvalue weighted by Crippen LogP contribution is 2.25. The molecule has 0 fully saturated rings. The number of sulfonamides is 2. The molecule has 0 heterocycles. The topological polar surface area (TPSA) is 119 Å². The van der Waals surface area contributed by atoms with Gasteiger partial charge in [-0.1, -0.05) is 35.3 Å². The van der Waals surface area contributed by atoms with Crippen LogP contribution in [-0.2, 0) is 30.5 Å². The molecule has 0 saturated carbocycles. The number of hydrogen-bond acceptors (Lipinski definition) is 6. The standard InChI is InChI=1S/C21H18Cl2N2O6S2/c1-31-21(26)15-4-2-14(3-5-15)13-32(27,28)24-18-6-8-20(9-7-18)33(29,30)25-19-11-16(22)10-17(23)12-19/h2-12,24-25H,13H2,1H3. The predicted molar refractivity (Wildman–Crippen MR) is 128 cm³/mol. The smallest absolute Gasteiger partial charge is 0.337 e. The van der Waals surface area contributed by atoms with Gasteiger partial charge < -0.3 is 4.74 Å². The van der Waals surface area contributed by atoms with Crippen molar-refractivity contribution in [3.63, 3.8) is 0 Å². The van der Waals surface area contributed by atoms with E-state index in [1.807, 2.05) is 0 Å². The highest BCUT2D eigenvalue weighted by molar-refractivity contribution is 7.92. The van der Waals surface area contributed by atoms with Gasteiger partial charge in [0.2, 0.25) is 10.0 Å². The zero-order valence-electron chi connectivity index (χ0n) is 17.1. The van der Waals surface area contributed by atoms with Gasteiger partial charge in [0, 0.05) is 15.7 Å². The van der Waals surface area contributed by atoms with E-state index in [2.05, 4.69) is 14.2 Å². The second-order valence-corrected chi connectivity index (χ2v) is 11.1. The first kappa shape index (κ1) is 24.8. The van der Waals surface area contributed by atoms with Gasteiger partial charge in [-0.2, -0.15) is 0 Å². The van der Waals surface area contributed by atoms with Gasteiger partial charge in [-0.05, 0) is 60.2 Å². The van der Waals surface area contributed by atoms with Gasteiger partial charge in [0.1, 0.15) is 0 Å². The number of anilines is 2. The Hall–Kier alpha value is -2.79. The molecule has 0 saturated heterocycles. The van der Waals surface area contributed by atoms with Crippen LogP contribution in [0.2, 0.25) is 10.0 Å².